The molecule has 0 aliphatic heterocycles. The third-order valence-corrected chi connectivity index (χ3v) is 5.58. The molecule has 0 saturated carbocycles. The number of carbonyl (C=O) groups excluding carboxylic acids is 2. The quantitative estimate of drug-likeness (QED) is 0.177. The largest absolute Gasteiger partial charge is 0.464 e. The standard InChI is InChI=1S/C28H45F2NO4/c1-5-6-7-8-9-10-11-12-13-14-15-16-17-34-26(32)25(31-27(33)35-28(2,3)4)20-22-18-23(29)21-24(30)19-22/h18-19,21,25H,5-17,20H2,1-4H3,(H,31,33)/t25-/m0/s1. The van der Waals surface area contributed by atoms with Gasteiger partial charge >= 0.3 is 12.1 Å². The lowest BCUT2D eigenvalue weighted by atomic mass is 10.1. The molecule has 0 heterocycles. The summed E-state index contributed by atoms with van der Waals surface area (Å²) >= 11 is 0. The van der Waals surface area contributed by atoms with E-state index in [9.17, 15) is 18.4 Å². The SMILES string of the molecule is CCCCCCCCCCCCCCOC(=O)[C@H](Cc1cc(F)cc(F)c1)NC(=O)OC(C)(C)C. The van der Waals surface area contributed by atoms with Crippen molar-refractivity contribution in [3.05, 3.63) is 35.4 Å². The minimum atomic E-state index is -1.11. The fourth-order valence-electron chi connectivity index (χ4n) is 3.82. The molecule has 0 unspecified atom stereocenters. The van der Waals surface area contributed by atoms with Crippen LogP contribution in [0, 0.1) is 11.6 Å². The van der Waals surface area contributed by atoms with Crippen LogP contribution in [0.15, 0.2) is 18.2 Å². The van der Waals surface area contributed by atoms with Gasteiger partial charge in [-0.05, 0) is 44.9 Å². The lowest BCUT2D eigenvalue weighted by molar-refractivity contribution is -0.146. The van der Waals surface area contributed by atoms with Crippen molar-refractivity contribution in [2.24, 2.45) is 0 Å². The van der Waals surface area contributed by atoms with Gasteiger partial charge < -0.3 is 14.8 Å². The van der Waals surface area contributed by atoms with Gasteiger partial charge in [0.05, 0.1) is 6.61 Å². The van der Waals surface area contributed by atoms with Crippen LogP contribution in [0.2, 0.25) is 0 Å². The highest BCUT2D eigenvalue weighted by Crippen LogP contribution is 2.14. The maximum Gasteiger partial charge on any atom is 0.408 e. The number of halogens is 2. The third-order valence-electron chi connectivity index (χ3n) is 5.58. The van der Waals surface area contributed by atoms with Crippen LogP contribution < -0.4 is 5.32 Å². The summed E-state index contributed by atoms with van der Waals surface area (Å²) in [6.07, 6.45) is 13.5. The highest BCUT2D eigenvalue weighted by atomic mass is 19.1. The van der Waals surface area contributed by atoms with E-state index >= 15 is 0 Å². The summed E-state index contributed by atoms with van der Waals surface area (Å²) in [6, 6.07) is 1.91. The van der Waals surface area contributed by atoms with Crippen LogP contribution in [-0.2, 0) is 20.7 Å². The number of rotatable bonds is 17. The molecule has 0 saturated heterocycles. The number of hydrogen-bond acceptors (Lipinski definition) is 4. The van der Waals surface area contributed by atoms with Crippen molar-refractivity contribution in [3.63, 3.8) is 0 Å². The van der Waals surface area contributed by atoms with Gasteiger partial charge in [0.1, 0.15) is 23.3 Å². The summed E-state index contributed by atoms with van der Waals surface area (Å²) < 4.78 is 37.7. The van der Waals surface area contributed by atoms with Crippen LogP contribution in [-0.4, -0.2) is 30.3 Å². The number of unbranched alkanes of at least 4 members (excludes halogenated alkanes) is 11. The Morgan fingerprint density at radius 1 is 0.829 bits per heavy atom. The second-order valence-electron chi connectivity index (χ2n) is 10.2. The normalized spacial score (nSPS) is 12.3. The molecule has 0 aliphatic carbocycles. The molecule has 1 amide bonds. The predicted octanol–water partition coefficient (Wildman–Crippen LogP) is 7.64. The second-order valence-corrected chi connectivity index (χ2v) is 10.2. The van der Waals surface area contributed by atoms with Gasteiger partial charge in [-0.15, -0.1) is 0 Å². The average molecular weight is 498 g/mol. The minimum Gasteiger partial charge on any atom is -0.464 e. The summed E-state index contributed by atoms with van der Waals surface area (Å²) in [4.78, 5) is 24.8. The van der Waals surface area contributed by atoms with E-state index in [-0.39, 0.29) is 18.6 Å². The van der Waals surface area contributed by atoms with Crippen LogP contribution in [0.5, 0.6) is 0 Å². The molecule has 0 spiro atoms. The molecular weight excluding hydrogens is 452 g/mol. The molecule has 5 nitrogen and oxygen atoms in total. The maximum atomic E-state index is 13.6. The van der Waals surface area contributed by atoms with E-state index in [0.29, 0.717) is 0 Å². The first-order valence-corrected chi connectivity index (χ1v) is 13.2. The fraction of sp³-hybridized carbons (Fsp3) is 0.714. The fourth-order valence-corrected chi connectivity index (χ4v) is 3.82. The Balaban J connectivity index is 2.38. The van der Waals surface area contributed by atoms with Gasteiger partial charge in [0.25, 0.3) is 0 Å². The molecule has 0 fully saturated rings. The van der Waals surface area contributed by atoms with Crippen LogP contribution in [0.25, 0.3) is 0 Å². The van der Waals surface area contributed by atoms with Crippen molar-refractivity contribution in [1.29, 1.82) is 0 Å². The van der Waals surface area contributed by atoms with Gasteiger partial charge in [-0.1, -0.05) is 77.6 Å². The zero-order chi connectivity index (χ0) is 26.1. The smallest absolute Gasteiger partial charge is 0.408 e. The second kappa shape index (κ2) is 17.3. The van der Waals surface area contributed by atoms with Crippen molar-refractivity contribution in [1.82, 2.24) is 5.32 Å². The number of esters is 1. The van der Waals surface area contributed by atoms with Crippen molar-refractivity contribution < 1.29 is 27.8 Å². The van der Waals surface area contributed by atoms with Crippen LogP contribution in [0.4, 0.5) is 13.6 Å². The zero-order valence-electron chi connectivity index (χ0n) is 22.1. The molecule has 0 aliphatic rings. The lowest BCUT2D eigenvalue weighted by Crippen LogP contribution is -2.45. The molecule has 1 aromatic carbocycles. The van der Waals surface area contributed by atoms with Gasteiger partial charge in [0.15, 0.2) is 0 Å². The summed E-state index contributed by atoms with van der Waals surface area (Å²) in [5.74, 6) is -2.15. The van der Waals surface area contributed by atoms with Crippen molar-refractivity contribution in [2.75, 3.05) is 6.61 Å². The van der Waals surface area contributed by atoms with E-state index in [1.807, 2.05) is 0 Å². The van der Waals surface area contributed by atoms with E-state index in [1.54, 1.807) is 20.8 Å². The number of alkyl carbamates (subject to hydrolysis) is 1. The van der Waals surface area contributed by atoms with E-state index in [2.05, 4.69) is 12.2 Å². The molecule has 200 valence electrons. The number of ether oxygens (including phenoxy) is 2. The lowest BCUT2D eigenvalue weighted by Gasteiger charge is -2.23. The molecule has 1 atom stereocenters. The van der Waals surface area contributed by atoms with Crippen LogP contribution >= 0.6 is 0 Å². The first kappa shape index (κ1) is 30.9. The minimum absolute atomic E-state index is 0.106. The molecule has 7 heteroatoms. The van der Waals surface area contributed by atoms with Crippen LogP contribution in [0.1, 0.15) is 110 Å². The van der Waals surface area contributed by atoms with Gasteiger partial charge in [0.2, 0.25) is 0 Å². The zero-order valence-corrected chi connectivity index (χ0v) is 22.1. The Kier molecular flexibility index (Phi) is 15.2. The first-order chi connectivity index (χ1) is 16.6. The number of hydrogen-bond donors (Lipinski definition) is 1. The molecule has 1 rings (SSSR count). The van der Waals surface area contributed by atoms with E-state index in [4.69, 9.17) is 9.47 Å². The number of nitrogens with one attached hydrogen (secondary N) is 1. The topological polar surface area (TPSA) is 64.6 Å². The molecule has 0 radical (unpaired) electrons. The molecule has 35 heavy (non-hydrogen) atoms. The third kappa shape index (κ3) is 16.2. The van der Waals surface area contributed by atoms with Gasteiger partial charge in [-0.2, -0.15) is 0 Å². The maximum absolute atomic E-state index is 13.6. The van der Waals surface area contributed by atoms with E-state index in [1.165, 1.54) is 57.8 Å². The summed E-state index contributed by atoms with van der Waals surface area (Å²) in [5.41, 5.74) is -0.510. The molecule has 0 bridgehead atoms. The summed E-state index contributed by atoms with van der Waals surface area (Å²) in [5, 5.41) is 2.48. The molecular formula is C28H45F2NO4. The van der Waals surface area contributed by atoms with Crippen molar-refractivity contribution >= 4 is 12.1 Å². The average Bonchev–Trinajstić information content (AvgIpc) is 2.74. The Morgan fingerprint density at radius 2 is 1.31 bits per heavy atom. The van der Waals surface area contributed by atoms with Crippen LogP contribution in [0.3, 0.4) is 0 Å². The van der Waals surface area contributed by atoms with Crippen molar-refractivity contribution in [2.45, 2.75) is 123 Å². The van der Waals surface area contributed by atoms with Gasteiger partial charge in [0, 0.05) is 12.5 Å². The van der Waals surface area contributed by atoms with Crippen molar-refractivity contribution in [3.8, 4) is 0 Å². The molecule has 1 N–H and O–H groups in total. The highest BCUT2D eigenvalue weighted by molar-refractivity contribution is 5.81. The highest BCUT2D eigenvalue weighted by Gasteiger charge is 2.26. The number of carbonyl (C=O) groups is 2. The van der Waals surface area contributed by atoms with E-state index in [0.717, 1.165) is 37.5 Å². The van der Waals surface area contributed by atoms with Gasteiger partial charge in [-0.25, -0.2) is 18.4 Å². The molecule has 1 aromatic rings. The Hall–Kier alpha value is -2.18. The Labute approximate surface area is 210 Å². The summed E-state index contributed by atoms with van der Waals surface area (Å²) in [7, 11) is 0. The monoisotopic (exact) mass is 497 g/mol. The summed E-state index contributed by atoms with van der Waals surface area (Å²) in [6.45, 7) is 7.58. The molecule has 0 aromatic heterocycles. The first-order valence-electron chi connectivity index (χ1n) is 13.2. The van der Waals surface area contributed by atoms with Gasteiger partial charge in [-0.3, -0.25) is 0 Å². The Morgan fingerprint density at radius 3 is 1.80 bits per heavy atom. The van der Waals surface area contributed by atoms with E-state index < -0.39 is 35.3 Å². The number of amides is 1. The predicted molar refractivity (Wildman–Crippen MR) is 135 cm³/mol. The Bertz CT molecular complexity index is 729. The number of benzene rings is 1.